The first-order valence-electron chi connectivity index (χ1n) is 4.26. The van der Waals surface area contributed by atoms with Crippen LogP contribution in [0.5, 0.6) is 0 Å². The van der Waals surface area contributed by atoms with Crippen molar-refractivity contribution < 1.29 is 14.2 Å². The van der Waals surface area contributed by atoms with Crippen LogP contribution in [0, 0.1) is 0 Å². The van der Waals surface area contributed by atoms with Gasteiger partial charge < -0.3 is 9.72 Å². The van der Waals surface area contributed by atoms with Gasteiger partial charge in [0.1, 0.15) is 0 Å². The number of hydrogen-bond donors (Lipinski definition) is 2. The summed E-state index contributed by atoms with van der Waals surface area (Å²) in [5.74, 6) is -0.386. The molecule has 0 bridgehead atoms. The molecule has 0 unspecified atom stereocenters. The van der Waals surface area contributed by atoms with Gasteiger partial charge in [-0.05, 0) is 0 Å². The summed E-state index contributed by atoms with van der Waals surface area (Å²) in [5, 5.41) is 3.22. The number of esters is 1. The number of nitrogens with zero attached hydrogens (tertiary/aromatic N) is 2. The van der Waals surface area contributed by atoms with E-state index in [2.05, 4.69) is 15.1 Å². The van der Waals surface area contributed by atoms with Crippen molar-refractivity contribution in [3.63, 3.8) is 0 Å². The lowest BCUT2D eigenvalue weighted by Crippen LogP contribution is -2.36. The van der Waals surface area contributed by atoms with Gasteiger partial charge in [-0.1, -0.05) is 4.68 Å². The molecule has 0 saturated carbocycles. The van der Waals surface area contributed by atoms with Gasteiger partial charge in [-0.15, -0.1) is 5.10 Å². The normalized spacial score (nSPS) is 10.5. The summed E-state index contributed by atoms with van der Waals surface area (Å²) in [5.41, 5.74) is 0.212. The summed E-state index contributed by atoms with van der Waals surface area (Å²) < 4.78 is 6.22. The van der Waals surface area contributed by atoms with Crippen LogP contribution >= 0.6 is 0 Å². The number of fused-ring (bicyclic) bond motifs is 1. The van der Waals surface area contributed by atoms with Gasteiger partial charge in [-0.25, -0.2) is 4.98 Å². The lowest BCUT2D eigenvalue weighted by atomic mass is 10.4. The molecule has 7 nitrogen and oxygen atoms in total. The van der Waals surface area contributed by atoms with E-state index in [1.54, 1.807) is 0 Å². The fraction of sp³-hybridized carbons (Fsp3) is 0.250. The van der Waals surface area contributed by atoms with E-state index >= 15 is 0 Å². The molecule has 2 rings (SSSR count). The number of aromatic amines is 2. The van der Waals surface area contributed by atoms with Crippen LogP contribution in [0.25, 0.3) is 11.0 Å². The lowest BCUT2D eigenvalue weighted by Gasteiger charge is -1.91. The first-order valence-corrected chi connectivity index (χ1v) is 4.26. The van der Waals surface area contributed by atoms with Crippen LogP contribution in [0.4, 0.5) is 0 Å². The van der Waals surface area contributed by atoms with E-state index in [4.69, 9.17) is 4.74 Å². The van der Waals surface area contributed by atoms with E-state index in [0.717, 1.165) is 0 Å². The van der Waals surface area contributed by atoms with E-state index in [0.29, 0.717) is 11.0 Å². The number of ether oxygens (including phenoxy) is 1. The Bertz CT molecular complexity index is 556. The molecule has 0 saturated heterocycles. The van der Waals surface area contributed by atoms with Gasteiger partial charge >= 0.3 is 12.7 Å². The maximum Gasteiger partial charge on any atom is 0.317 e. The van der Waals surface area contributed by atoms with Crippen molar-refractivity contribution in [3.05, 3.63) is 22.9 Å². The Labute approximate surface area is 83.7 Å². The van der Waals surface area contributed by atoms with Gasteiger partial charge in [0.2, 0.25) is 11.8 Å². The average molecular weight is 209 g/mol. The van der Waals surface area contributed by atoms with Crippen LogP contribution in [-0.4, -0.2) is 21.0 Å². The molecular weight excluding hydrogens is 200 g/mol. The van der Waals surface area contributed by atoms with E-state index in [1.165, 1.54) is 24.1 Å². The molecule has 2 aromatic rings. The second kappa shape index (κ2) is 3.52. The molecule has 0 spiro atoms. The Kier molecular flexibility index (Phi) is 2.20. The van der Waals surface area contributed by atoms with Gasteiger partial charge in [0.05, 0.1) is 6.33 Å². The van der Waals surface area contributed by atoms with Crippen LogP contribution in [0.1, 0.15) is 6.92 Å². The Morgan fingerprint density at radius 3 is 3.13 bits per heavy atom. The highest BCUT2D eigenvalue weighted by Gasteiger charge is 2.11. The van der Waals surface area contributed by atoms with Crippen molar-refractivity contribution in [2.24, 2.45) is 0 Å². The largest absolute Gasteiger partial charge is 0.403 e. The van der Waals surface area contributed by atoms with Crippen molar-refractivity contribution in [2.45, 2.75) is 13.7 Å². The highest BCUT2D eigenvalue weighted by molar-refractivity contribution is 5.70. The molecule has 0 radical (unpaired) electrons. The van der Waals surface area contributed by atoms with Gasteiger partial charge in [-0.2, -0.15) is 0 Å². The summed E-state index contributed by atoms with van der Waals surface area (Å²) >= 11 is 0. The standard InChI is InChI=1S/C8H8N4O3/c1-5(13)15-4-12-2-6-7(11-12)9-3-10-8(6)14/h2-3H,4H2,1H3,(H,9,10,11,14)/p+1. The summed E-state index contributed by atoms with van der Waals surface area (Å²) in [6.07, 6.45) is 2.83. The number of rotatable bonds is 2. The zero-order valence-corrected chi connectivity index (χ0v) is 7.98. The predicted octanol–water partition coefficient (Wildman–Crippen LogP) is -0.941. The van der Waals surface area contributed by atoms with Gasteiger partial charge in [0.25, 0.3) is 5.56 Å². The maximum atomic E-state index is 11.3. The molecule has 2 heterocycles. The minimum Gasteiger partial charge on any atom is -0.403 e. The number of nitrogens with one attached hydrogen (secondary N) is 2. The van der Waals surface area contributed by atoms with Crippen LogP contribution in [0.15, 0.2) is 17.3 Å². The van der Waals surface area contributed by atoms with Gasteiger partial charge in [0, 0.05) is 6.92 Å². The van der Waals surface area contributed by atoms with Crippen LogP contribution in [0.3, 0.4) is 0 Å². The van der Waals surface area contributed by atoms with Crippen molar-refractivity contribution >= 4 is 17.0 Å². The number of carbonyl (C=O) groups is 1. The number of aromatic nitrogens is 4. The van der Waals surface area contributed by atoms with Crippen LogP contribution < -0.4 is 10.2 Å². The Balaban J connectivity index is 2.35. The first-order chi connectivity index (χ1) is 7.16. The lowest BCUT2D eigenvalue weighted by molar-refractivity contribution is -0.775. The molecule has 2 aromatic heterocycles. The van der Waals surface area contributed by atoms with E-state index in [9.17, 15) is 9.59 Å². The minimum atomic E-state index is -0.386. The molecule has 0 aliphatic rings. The molecule has 15 heavy (non-hydrogen) atoms. The third-order valence-corrected chi connectivity index (χ3v) is 1.83. The highest BCUT2D eigenvalue weighted by atomic mass is 16.5. The fourth-order valence-corrected chi connectivity index (χ4v) is 1.17. The molecule has 2 N–H and O–H groups in total. The number of hydrogen-bond acceptors (Lipinski definition) is 4. The molecule has 0 atom stereocenters. The molecule has 78 valence electrons. The van der Waals surface area contributed by atoms with E-state index in [1.807, 2.05) is 0 Å². The monoisotopic (exact) mass is 209 g/mol. The zero-order chi connectivity index (χ0) is 10.8. The van der Waals surface area contributed by atoms with Crippen LogP contribution in [0.2, 0.25) is 0 Å². The predicted molar refractivity (Wildman–Crippen MR) is 48.7 cm³/mol. The number of H-pyrrole nitrogens is 2. The average Bonchev–Trinajstić information content (AvgIpc) is 2.59. The quantitative estimate of drug-likeness (QED) is 0.493. The molecular formula is C8H9N4O3+. The van der Waals surface area contributed by atoms with E-state index in [-0.39, 0.29) is 18.3 Å². The van der Waals surface area contributed by atoms with Crippen molar-refractivity contribution in [1.82, 2.24) is 15.1 Å². The second-order valence-corrected chi connectivity index (χ2v) is 2.97. The molecule has 0 aromatic carbocycles. The SMILES string of the molecule is CC(=O)OC[n+]1cc2c(=O)[nH]cnc2[nH]1. The first kappa shape index (κ1) is 9.38. The minimum absolute atomic E-state index is 0.0329. The van der Waals surface area contributed by atoms with Gasteiger partial charge in [0.15, 0.2) is 5.39 Å². The molecule has 0 fully saturated rings. The summed E-state index contributed by atoms with van der Waals surface area (Å²) in [6, 6.07) is 0. The maximum absolute atomic E-state index is 11.3. The van der Waals surface area contributed by atoms with Crippen LogP contribution in [-0.2, 0) is 16.3 Å². The van der Waals surface area contributed by atoms with Gasteiger partial charge in [-0.3, -0.25) is 9.59 Å². The summed E-state index contributed by atoms with van der Waals surface area (Å²) in [6.45, 7) is 1.35. The second-order valence-electron chi connectivity index (χ2n) is 2.97. The Hall–Kier alpha value is -2.18. The Morgan fingerprint density at radius 1 is 1.67 bits per heavy atom. The third-order valence-electron chi connectivity index (χ3n) is 1.83. The molecule has 0 aliphatic heterocycles. The topological polar surface area (TPSA) is 91.7 Å². The zero-order valence-electron chi connectivity index (χ0n) is 7.98. The molecule has 7 heteroatoms. The van der Waals surface area contributed by atoms with Crippen molar-refractivity contribution in [3.8, 4) is 0 Å². The summed E-state index contributed by atoms with van der Waals surface area (Å²) in [7, 11) is 0. The van der Waals surface area contributed by atoms with E-state index < -0.39 is 0 Å². The highest BCUT2D eigenvalue weighted by Crippen LogP contribution is 1.96. The summed E-state index contributed by atoms with van der Waals surface area (Å²) in [4.78, 5) is 28.2. The third kappa shape index (κ3) is 1.85. The Morgan fingerprint density at radius 2 is 2.47 bits per heavy atom. The smallest absolute Gasteiger partial charge is 0.317 e. The van der Waals surface area contributed by atoms with Crippen molar-refractivity contribution in [1.29, 1.82) is 0 Å². The van der Waals surface area contributed by atoms with Crippen molar-refractivity contribution in [2.75, 3.05) is 0 Å². The number of carbonyl (C=O) groups excluding carboxylic acids is 1. The molecule has 0 aliphatic carbocycles. The molecule has 0 amide bonds. The fourth-order valence-electron chi connectivity index (χ4n) is 1.17.